The van der Waals surface area contributed by atoms with E-state index in [9.17, 15) is 14.4 Å². The maximum Gasteiger partial charge on any atom is 0.315 e. The third-order valence-electron chi connectivity index (χ3n) is 3.69. The number of aryl methyl sites for hydroxylation is 1. The molecule has 132 valence electrons. The lowest BCUT2D eigenvalue weighted by Gasteiger charge is -2.21. The molecule has 1 aliphatic rings. The van der Waals surface area contributed by atoms with Crippen LogP contribution in [0.1, 0.15) is 26.0 Å². The fraction of sp³-hybridized carbons (Fsp3) is 0.600. The highest BCUT2D eigenvalue weighted by Crippen LogP contribution is 2.13. The molecule has 9 nitrogen and oxygen atoms in total. The summed E-state index contributed by atoms with van der Waals surface area (Å²) in [5, 5.41) is 8.44. The first kappa shape index (κ1) is 17.8. The Labute approximate surface area is 140 Å². The van der Waals surface area contributed by atoms with Crippen LogP contribution in [0.25, 0.3) is 0 Å². The Balaban J connectivity index is 1.68. The highest BCUT2D eigenvalue weighted by atomic mass is 16.2. The molecule has 2 rings (SSSR count). The van der Waals surface area contributed by atoms with Gasteiger partial charge in [-0.05, 0) is 20.8 Å². The monoisotopic (exact) mass is 336 g/mol. The maximum absolute atomic E-state index is 11.8. The molecule has 1 aromatic heterocycles. The Bertz CT molecular complexity index is 657. The van der Waals surface area contributed by atoms with E-state index in [1.54, 1.807) is 11.8 Å². The highest BCUT2D eigenvalue weighted by Gasteiger charge is 2.31. The molecule has 0 aromatic carbocycles. The largest absolute Gasteiger partial charge is 0.354 e. The van der Waals surface area contributed by atoms with Crippen molar-refractivity contribution in [1.82, 2.24) is 25.5 Å². The van der Waals surface area contributed by atoms with Gasteiger partial charge in [-0.3, -0.25) is 14.6 Å². The molecular weight excluding hydrogens is 312 g/mol. The molecule has 1 unspecified atom stereocenters. The number of carbonyl (C=O) groups is 2. The third kappa shape index (κ3) is 4.97. The highest BCUT2D eigenvalue weighted by molar-refractivity contribution is 5.81. The van der Waals surface area contributed by atoms with E-state index in [1.807, 2.05) is 13.8 Å². The van der Waals surface area contributed by atoms with Gasteiger partial charge in [0.15, 0.2) is 0 Å². The number of rotatable bonds is 6. The number of nitrogens with zero attached hydrogens (tertiary/aromatic N) is 2. The Morgan fingerprint density at radius 2 is 2.17 bits per heavy atom. The first-order valence-electron chi connectivity index (χ1n) is 8.01. The second-order valence-corrected chi connectivity index (χ2v) is 6.10. The van der Waals surface area contributed by atoms with Crippen molar-refractivity contribution in [2.45, 2.75) is 39.3 Å². The molecule has 2 heterocycles. The molecule has 9 heteroatoms. The SMILES string of the molecule is Cc1cc(=O)[nH]c(NCCNC(=O)NC2CC(=O)N(C(C)C)C2)n1. The summed E-state index contributed by atoms with van der Waals surface area (Å²) < 4.78 is 0. The third-order valence-corrected chi connectivity index (χ3v) is 3.69. The molecule has 0 bridgehead atoms. The van der Waals surface area contributed by atoms with Crippen LogP contribution in [0.4, 0.5) is 10.7 Å². The molecule has 1 aromatic rings. The van der Waals surface area contributed by atoms with Gasteiger partial charge in [0.2, 0.25) is 11.9 Å². The van der Waals surface area contributed by atoms with Crippen molar-refractivity contribution in [2.24, 2.45) is 0 Å². The van der Waals surface area contributed by atoms with Crippen LogP contribution in [0, 0.1) is 6.92 Å². The number of amides is 3. The van der Waals surface area contributed by atoms with E-state index in [0.717, 1.165) is 0 Å². The average molecular weight is 336 g/mol. The Hall–Kier alpha value is -2.58. The van der Waals surface area contributed by atoms with Crippen molar-refractivity contribution >= 4 is 17.9 Å². The van der Waals surface area contributed by atoms with Gasteiger partial charge in [-0.15, -0.1) is 0 Å². The number of aromatic nitrogens is 2. The summed E-state index contributed by atoms with van der Waals surface area (Å²) in [5.41, 5.74) is 0.392. The lowest BCUT2D eigenvalue weighted by molar-refractivity contribution is -0.129. The summed E-state index contributed by atoms with van der Waals surface area (Å²) in [5.74, 6) is 0.433. The van der Waals surface area contributed by atoms with Gasteiger partial charge in [0, 0.05) is 43.9 Å². The van der Waals surface area contributed by atoms with Gasteiger partial charge in [0.1, 0.15) is 0 Å². The first-order valence-corrected chi connectivity index (χ1v) is 8.01. The Morgan fingerprint density at radius 1 is 1.42 bits per heavy atom. The normalized spacial score (nSPS) is 17.2. The van der Waals surface area contributed by atoms with Crippen LogP contribution in [-0.4, -0.2) is 58.5 Å². The van der Waals surface area contributed by atoms with Crippen molar-refractivity contribution in [3.63, 3.8) is 0 Å². The minimum absolute atomic E-state index is 0.0615. The number of anilines is 1. The molecule has 24 heavy (non-hydrogen) atoms. The van der Waals surface area contributed by atoms with Crippen LogP contribution in [0.15, 0.2) is 10.9 Å². The molecule has 1 aliphatic heterocycles. The van der Waals surface area contributed by atoms with Gasteiger partial charge in [0.05, 0.1) is 6.04 Å². The quantitative estimate of drug-likeness (QED) is 0.536. The molecule has 1 fully saturated rings. The van der Waals surface area contributed by atoms with Crippen LogP contribution in [0.2, 0.25) is 0 Å². The van der Waals surface area contributed by atoms with Crippen molar-refractivity contribution in [1.29, 1.82) is 0 Å². The number of H-pyrrole nitrogens is 1. The van der Waals surface area contributed by atoms with Crippen LogP contribution < -0.4 is 21.5 Å². The van der Waals surface area contributed by atoms with Crippen molar-refractivity contribution < 1.29 is 9.59 Å². The smallest absolute Gasteiger partial charge is 0.315 e. The summed E-state index contributed by atoms with van der Waals surface area (Å²) in [6, 6.07) is 1.06. The number of aromatic amines is 1. The summed E-state index contributed by atoms with van der Waals surface area (Å²) in [6.45, 7) is 6.96. The average Bonchev–Trinajstić information content (AvgIpc) is 2.83. The molecule has 1 atom stereocenters. The predicted octanol–water partition coefficient (Wildman–Crippen LogP) is -0.201. The minimum Gasteiger partial charge on any atom is -0.354 e. The minimum atomic E-state index is -0.314. The first-order chi connectivity index (χ1) is 11.3. The van der Waals surface area contributed by atoms with Crippen LogP contribution in [0.3, 0.4) is 0 Å². The van der Waals surface area contributed by atoms with Gasteiger partial charge in [-0.2, -0.15) is 0 Å². The van der Waals surface area contributed by atoms with Crippen LogP contribution >= 0.6 is 0 Å². The Morgan fingerprint density at radius 3 is 2.79 bits per heavy atom. The molecule has 0 radical (unpaired) electrons. The predicted molar refractivity (Wildman–Crippen MR) is 89.9 cm³/mol. The van der Waals surface area contributed by atoms with Crippen molar-refractivity contribution in [3.05, 3.63) is 22.1 Å². The van der Waals surface area contributed by atoms with Gasteiger partial charge in [-0.1, -0.05) is 0 Å². The van der Waals surface area contributed by atoms with E-state index >= 15 is 0 Å². The van der Waals surface area contributed by atoms with Crippen LogP contribution in [-0.2, 0) is 4.79 Å². The fourth-order valence-electron chi connectivity index (χ4n) is 2.58. The summed E-state index contributed by atoms with van der Waals surface area (Å²) in [4.78, 5) is 43.4. The van der Waals surface area contributed by atoms with E-state index in [-0.39, 0.29) is 29.6 Å². The summed E-state index contributed by atoms with van der Waals surface area (Å²) in [7, 11) is 0. The second-order valence-electron chi connectivity index (χ2n) is 6.10. The number of urea groups is 1. The lowest BCUT2D eigenvalue weighted by atomic mass is 10.2. The van der Waals surface area contributed by atoms with Crippen molar-refractivity contribution in [3.8, 4) is 0 Å². The zero-order valence-corrected chi connectivity index (χ0v) is 14.2. The lowest BCUT2D eigenvalue weighted by Crippen LogP contribution is -2.45. The topological polar surface area (TPSA) is 119 Å². The summed E-state index contributed by atoms with van der Waals surface area (Å²) in [6.07, 6.45) is 0.332. The molecule has 3 amide bonds. The number of nitrogens with one attached hydrogen (secondary N) is 4. The van der Waals surface area contributed by atoms with Gasteiger partial charge in [-0.25, -0.2) is 9.78 Å². The zero-order valence-electron chi connectivity index (χ0n) is 14.2. The number of hydrogen-bond donors (Lipinski definition) is 4. The van der Waals surface area contributed by atoms with E-state index in [4.69, 9.17) is 0 Å². The van der Waals surface area contributed by atoms with Crippen LogP contribution in [0.5, 0.6) is 0 Å². The van der Waals surface area contributed by atoms with E-state index < -0.39 is 0 Å². The van der Waals surface area contributed by atoms with Gasteiger partial charge >= 0.3 is 6.03 Å². The molecule has 0 spiro atoms. The Kier molecular flexibility index (Phi) is 5.78. The van der Waals surface area contributed by atoms with E-state index in [2.05, 4.69) is 25.9 Å². The summed E-state index contributed by atoms with van der Waals surface area (Å²) >= 11 is 0. The fourth-order valence-corrected chi connectivity index (χ4v) is 2.58. The van der Waals surface area contributed by atoms with E-state index in [0.29, 0.717) is 37.7 Å². The molecule has 1 saturated heterocycles. The number of likely N-dealkylation sites (tertiary alicyclic amines) is 1. The molecular formula is C15H24N6O3. The van der Waals surface area contributed by atoms with Gasteiger partial charge in [0.25, 0.3) is 5.56 Å². The second kappa shape index (κ2) is 7.80. The number of hydrogen-bond acceptors (Lipinski definition) is 5. The number of carbonyl (C=O) groups excluding carboxylic acids is 2. The maximum atomic E-state index is 11.8. The molecule has 4 N–H and O–H groups in total. The zero-order chi connectivity index (χ0) is 17.7. The molecule has 0 saturated carbocycles. The van der Waals surface area contributed by atoms with E-state index in [1.165, 1.54) is 6.07 Å². The van der Waals surface area contributed by atoms with Gasteiger partial charge < -0.3 is 20.9 Å². The standard InChI is InChI=1S/C15H24N6O3/c1-9(2)21-8-11(7-13(21)23)19-15(24)17-5-4-16-14-18-10(3)6-12(22)20-14/h6,9,11H,4-5,7-8H2,1-3H3,(H2,17,19,24)(H2,16,18,20,22). The van der Waals surface area contributed by atoms with Crippen molar-refractivity contribution in [2.75, 3.05) is 25.0 Å². The molecule has 0 aliphatic carbocycles.